The van der Waals surface area contributed by atoms with Crippen LogP contribution in [0.2, 0.25) is 0 Å². The first-order valence-electron chi connectivity index (χ1n) is 29.6. The second-order valence-electron chi connectivity index (χ2n) is 21.7. The first-order valence-corrected chi connectivity index (χ1v) is 31.0. The first-order chi connectivity index (χ1) is 40.3. The lowest BCUT2D eigenvalue weighted by Crippen LogP contribution is -2.46. The number of allylic oxidation sites excluding steroid dienone is 13. The summed E-state index contributed by atoms with van der Waals surface area (Å²) < 4.78 is 37.4. The maximum Gasteiger partial charge on any atom is 0.397 e. The second kappa shape index (κ2) is 46.3. The Morgan fingerprint density at radius 2 is 1.13 bits per heavy atom. The zero-order valence-corrected chi connectivity index (χ0v) is 50.8. The third-order valence-electron chi connectivity index (χ3n) is 13.9. The fourth-order valence-electron chi connectivity index (χ4n) is 8.88. The average molecular weight is 1220 g/mol. The van der Waals surface area contributed by atoms with Crippen molar-refractivity contribution in [1.82, 2.24) is 10.6 Å². The molecule has 1 aliphatic rings. The summed E-state index contributed by atoms with van der Waals surface area (Å²) in [6.07, 6.45) is 28.4. The van der Waals surface area contributed by atoms with E-state index in [1.54, 1.807) is 85.9 Å². The van der Waals surface area contributed by atoms with Crippen molar-refractivity contribution in [3.05, 3.63) is 134 Å². The number of aliphatic imine (C=N–C) groups is 1. The van der Waals surface area contributed by atoms with Crippen LogP contribution in [-0.2, 0) is 24.2 Å². The molecule has 0 saturated carbocycles. The van der Waals surface area contributed by atoms with E-state index in [1.165, 1.54) is 37.3 Å². The van der Waals surface area contributed by atoms with Gasteiger partial charge in [0.15, 0.2) is 5.96 Å². The van der Waals surface area contributed by atoms with Gasteiger partial charge < -0.3 is 67.2 Å². The number of Topliss-reactive ketones (excluding diaryl/α,β-unsaturated/α-hetero) is 1. The van der Waals surface area contributed by atoms with Crippen LogP contribution >= 0.6 is 0 Å². The smallest absolute Gasteiger partial charge is 0.393 e. The number of unbranched alkanes of at least 4 members (excludes halogenated alkanes) is 1. The van der Waals surface area contributed by atoms with Gasteiger partial charge in [-0.25, -0.2) is 4.18 Å². The normalized spacial score (nSPS) is 20.7. The summed E-state index contributed by atoms with van der Waals surface area (Å²) in [5.41, 5.74) is 5.77. The predicted octanol–water partition coefficient (Wildman–Crippen LogP) is 4.40. The quantitative estimate of drug-likeness (QED) is 0.0100. The topological polar surface area (TPSA) is 383 Å². The number of rotatable bonds is 45. The van der Waals surface area contributed by atoms with Crippen molar-refractivity contribution in [3.8, 4) is 0 Å². The van der Waals surface area contributed by atoms with Gasteiger partial charge in [0.05, 0.1) is 79.3 Å². The van der Waals surface area contributed by atoms with E-state index in [0.717, 1.165) is 32.2 Å². The summed E-state index contributed by atoms with van der Waals surface area (Å²) in [6, 6.07) is -0.276. The Labute approximate surface area is 504 Å². The highest BCUT2D eigenvalue weighted by atomic mass is 32.3. The highest BCUT2D eigenvalue weighted by molar-refractivity contribution is 7.80. The van der Waals surface area contributed by atoms with Crippen molar-refractivity contribution in [2.75, 3.05) is 13.1 Å². The Bertz CT molecular complexity index is 2330. The van der Waals surface area contributed by atoms with Gasteiger partial charge in [-0.1, -0.05) is 154 Å². The SMILES string of the molecule is C/C=C/CC/C=C/C(C)C(O)C(C)C(O)/C=C/C=C/C=C/C=C/C=C/C=C/CC(OS(=O)(=O)O)C(C)C(=O)CC(O)CC(O)/C=C/CC(O)CC(O)CC(O)/C=C/CC(O)CC(O)/C=C/CC(O)CC(O)CCCN=C(N)NC(=O)C1CCCN1. The maximum atomic E-state index is 13.1. The molecule has 85 heavy (non-hydrogen) atoms. The fourth-order valence-corrected chi connectivity index (χ4v) is 9.44. The van der Waals surface area contributed by atoms with Gasteiger partial charge in [0.25, 0.3) is 0 Å². The van der Waals surface area contributed by atoms with E-state index >= 15 is 0 Å². The number of guanidine groups is 1. The molecule has 22 heteroatoms. The lowest BCUT2D eigenvalue weighted by Gasteiger charge is -2.25. The summed E-state index contributed by atoms with van der Waals surface area (Å²) >= 11 is 0. The van der Waals surface area contributed by atoms with Crippen molar-refractivity contribution in [1.29, 1.82) is 0 Å². The third kappa shape index (κ3) is 41.0. The Morgan fingerprint density at radius 1 is 0.624 bits per heavy atom. The molecule has 0 aromatic carbocycles. The van der Waals surface area contributed by atoms with Crippen LogP contribution in [0.5, 0.6) is 0 Å². The first kappa shape index (κ1) is 78.2. The van der Waals surface area contributed by atoms with Gasteiger partial charge >= 0.3 is 10.4 Å². The van der Waals surface area contributed by atoms with Crippen molar-refractivity contribution >= 4 is 28.0 Å². The van der Waals surface area contributed by atoms with Crippen LogP contribution in [0.15, 0.2) is 139 Å². The van der Waals surface area contributed by atoms with Crippen molar-refractivity contribution in [3.63, 3.8) is 0 Å². The van der Waals surface area contributed by atoms with Gasteiger partial charge in [0.2, 0.25) is 5.91 Å². The van der Waals surface area contributed by atoms with Crippen molar-refractivity contribution < 1.29 is 82.9 Å². The van der Waals surface area contributed by atoms with Gasteiger partial charge in [0.1, 0.15) is 5.78 Å². The fraction of sp³-hybridized carbons (Fsp3) is 0.603. The standard InChI is InChI=1S/C63H102N4O17S/c1-5-6-7-15-18-26-45(2)61(79)47(4)58(77)35-19-16-13-11-9-8-10-12-14-17-20-36-60(84-85(81,82)83)46(3)59(78)44-56(76)43-53(73)32-23-31-52(72)42-55(75)41-51(71)30-22-29-49(69)39-48(68)27-21-28-50(70)40-54(74)33-24-38-66-63(64)67-62(80)57-34-25-37-65-57/h5-6,8-14,16-23,26-27,30,32,35,45-58,60-61,65,68-77,79H,7,15,24-25,28-29,31,33-34,36-44H2,1-4H3,(H,81,82,83)(H3,64,66,67,80)/b6-5+,10-8+,11-9+,14-12+,16-13+,20-17+,26-18+,27-21+,30-22+,32-23+,35-19+. The van der Waals surface area contributed by atoms with Crippen LogP contribution < -0.4 is 16.4 Å². The number of amides is 1. The summed E-state index contributed by atoms with van der Waals surface area (Å²) in [5.74, 6) is -2.35. The molecule has 16 unspecified atom stereocenters. The zero-order valence-electron chi connectivity index (χ0n) is 50.0. The largest absolute Gasteiger partial charge is 0.397 e. The summed E-state index contributed by atoms with van der Waals surface area (Å²) in [7, 11) is -4.95. The number of carbonyl (C=O) groups is 2. The molecular weight excluding hydrogens is 1120 g/mol. The number of aliphatic hydroxyl groups excluding tert-OH is 11. The molecule has 16 N–H and O–H groups in total. The molecule has 0 aromatic rings. The van der Waals surface area contributed by atoms with E-state index in [2.05, 4.69) is 21.7 Å². The Balaban J connectivity index is 2.42. The maximum absolute atomic E-state index is 13.1. The van der Waals surface area contributed by atoms with Crippen LogP contribution in [0.1, 0.15) is 130 Å². The number of aliphatic hydroxyl groups is 11. The van der Waals surface area contributed by atoms with Crippen LogP contribution in [0, 0.1) is 17.8 Å². The molecule has 1 aliphatic heterocycles. The van der Waals surface area contributed by atoms with Gasteiger partial charge in [0, 0.05) is 50.0 Å². The molecule has 0 aromatic heterocycles. The number of nitrogens with zero attached hydrogens (tertiary/aromatic N) is 1. The summed E-state index contributed by atoms with van der Waals surface area (Å²) in [5, 5.41) is 120. The molecule has 1 fully saturated rings. The molecule has 1 heterocycles. The zero-order chi connectivity index (χ0) is 63.6. The predicted molar refractivity (Wildman–Crippen MR) is 332 cm³/mol. The van der Waals surface area contributed by atoms with Crippen LogP contribution in [0.25, 0.3) is 0 Å². The lowest BCUT2D eigenvalue weighted by molar-refractivity contribution is -0.127. The van der Waals surface area contributed by atoms with Gasteiger partial charge in [-0.15, -0.1) is 0 Å². The number of nitrogens with one attached hydrogen (secondary N) is 2. The van der Waals surface area contributed by atoms with E-state index in [0.29, 0.717) is 19.4 Å². The molecule has 482 valence electrons. The van der Waals surface area contributed by atoms with Crippen LogP contribution in [-0.4, -0.2) is 179 Å². The van der Waals surface area contributed by atoms with Gasteiger partial charge in [-0.3, -0.25) is 24.5 Å². The highest BCUT2D eigenvalue weighted by Gasteiger charge is 2.30. The Morgan fingerprint density at radius 3 is 1.67 bits per heavy atom. The minimum absolute atomic E-state index is 0.00264. The summed E-state index contributed by atoms with van der Waals surface area (Å²) in [4.78, 5) is 29.3. The number of nitrogens with two attached hydrogens (primary N) is 1. The molecule has 0 radical (unpaired) electrons. The van der Waals surface area contributed by atoms with Crippen molar-refractivity contribution in [2.24, 2.45) is 28.5 Å². The Kier molecular flexibility index (Phi) is 42.6. The Hall–Kier alpha value is -4.86. The van der Waals surface area contributed by atoms with E-state index in [9.17, 15) is 78.7 Å². The monoisotopic (exact) mass is 1220 g/mol. The van der Waals surface area contributed by atoms with E-state index in [1.807, 2.05) is 32.1 Å². The van der Waals surface area contributed by atoms with E-state index < -0.39 is 102 Å². The number of hydrogen-bond acceptors (Lipinski definition) is 18. The molecule has 1 saturated heterocycles. The molecule has 0 aliphatic carbocycles. The summed E-state index contributed by atoms with van der Waals surface area (Å²) in [6.45, 7) is 8.17. The van der Waals surface area contributed by atoms with Gasteiger partial charge in [-0.05, 0) is 90.5 Å². The molecule has 1 amide bonds. The second-order valence-corrected chi connectivity index (χ2v) is 22.8. The molecule has 0 spiro atoms. The molecule has 1 rings (SSSR count). The minimum Gasteiger partial charge on any atom is -0.393 e. The number of carbonyl (C=O) groups excluding carboxylic acids is 2. The number of hydrogen-bond donors (Lipinski definition) is 15. The third-order valence-corrected chi connectivity index (χ3v) is 14.4. The average Bonchev–Trinajstić information content (AvgIpc) is 4.12. The highest BCUT2D eigenvalue weighted by Crippen LogP contribution is 2.22. The van der Waals surface area contributed by atoms with E-state index in [4.69, 9.17) is 9.92 Å². The van der Waals surface area contributed by atoms with Crippen LogP contribution in [0.3, 0.4) is 0 Å². The van der Waals surface area contributed by atoms with E-state index in [-0.39, 0.29) is 87.5 Å². The lowest BCUT2D eigenvalue weighted by atomic mass is 9.88. The molecule has 21 nitrogen and oxygen atoms in total. The number of ketones is 1. The molecule has 16 atom stereocenters. The molecule has 0 bridgehead atoms. The van der Waals surface area contributed by atoms with Gasteiger partial charge in [-0.2, -0.15) is 8.42 Å². The minimum atomic E-state index is -4.95. The van der Waals surface area contributed by atoms with Crippen molar-refractivity contribution in [2.45, 2.75) is 210 Å². The molecular formula is C63H102N4O17S. The van der Waals surface area contributed by atoms with Crippen LogP contribution in [0.4, 0.5) is 0 Å².